The van der Waals surface area contributed by atoms with Gasteiger partial charge < -0.3 is 15.2 Å². The molecule has 0 radical (unpaired) electrons. The van der Waals surface area contributed by atoms with Gasteiger partial charge in [-0.15, -0.1) is 0 Å². The Morgan fingerprint density at radius 3 is 3.00 bits per heavy atom. The molecule has 2 N–H and O–H groups in total. The summed E-state index contributed by atoms with van der Waals surface area (Å²) in [6.45, 7) is 0.844. The van der Waals surface area contributed by atoms with Crippen LogP contribution in [0.25, 0.3) is 0 Å². The quantitative estimate of drug-likeness (QED) is 0.762. The molecule has 2 rings (SSSR count). The van der Waals surface area contributed by atoms with Crippen molar-refractivity contribution in [3.8, 4) is 5.88 Å². The number of aliphatic hydroxyl groups is 1. The number of nitrogens with one attached hydrogen (secondary N) is 1. The van der Waals surface area contributed by atoms with E-state index in [1.54, 1.807) is 13.2 Å². The van der Waals surface area contributed by atoms with Crippen LogP contribution in [0.3, 0.4) is 0 Å². The summed E-state index contributed by atoms with van der Waals surface area (Å²) in [4.78, 5) is 7.99. The molecule has 0 unspecified atom stereocenters. The summed E-state index contributed by atoms with van der Waals surface area (Å²) < 4.78 is 4.99. The molecular weight excluding hydrogens is 194 g/mol. The molecule has 0 atom stereocenters. The van der Waals surface area contributed by atoms with E-state index in [0.717, 1.165) is 25.2 Å². The van der Waals surface area contributed by atoms with Crippen molar-refractivity contribution in [1.82, 2.24) is 9.97 Å². The molecule has 1 aliphatic rings. The summed E-state index contributed by atoms with van der Waals surface area (Å²) >= 11 is 0. The van der Waals surface area contributed by atoms with Crippen molar-refractivity contribution in [2.75, 3.05) is 19.0 Å². The summed E-state index contributed by atoms with van der Waals surface area (Å²) in [5.74, 6) is 1.88. The summed E-state index contributed by atoms with van der Waals surface area (Å²) in [6, 6.07) is 1.76. The van der Waals surface area contributed by atoms with E-state index in [1.165, 1.54) is 6.33 Å². The van der Waals surface area contributed by atoms with Gasteiger partial charge in [0.1, 0.15) is 12.1 Å². The highest BCUT2D eigenvalue weighted by molar-refractivity contribution is 5.37. The fourth-order valence-corrected chi connectivity index (χ4v) is 1.66. The molecule has 1 saturated carbocycles. The number of aromatic nitrogens is 2. The molecule has 1 aromatic rings. The maximum Gasteiger partial charge on any atom is 0.218 e. The van der Waals surface area contributed by atoms with Crippen molar-refractivity contribution in [3.63, 3.8) is 0 Å². The first-order valence-corrected chi connectivity index (χ1v) is 5.06. The average molecular weight is 209 g/mol. The fourth-order valence-electron chi connectivity index (χ4n) is 1.66. The lowest BCUT2D eigenvalue weighted by Gasteiger charge is -2.31. The second-order valence-electron chi connectivity index (χ2n) is 3.82. The minimum atomic E-state index is -0.100. The molecule has 0 bridgehead atoms. The Morgan fingerprint density at radius 1 is 1.53 bits per heavy atom. The molecule has 1 aliphatic carbocycles. The Hall–Kier alpha value is -1.36. The number of nitrogens with zero attached hydrogens (tertiary/aromatic N) is 2. The van der Waals surface area contributed by atoms with Crippen LogP contribution in [-0.4, -0.2) is 34.8 Å². The summed E-state index contributed by atoms with van der Waals surface area (Å²) in [6.07, 6.45) is 3.14. The van der Waals surface area contributed by atoms with Crippen LogP contribution >= 0.6 is 0 Å². The molecule has 0 saturated heterocycles. The third kappa shape index (κ3) is 2.56. The predicted molar refractivity (Wildman–Crippen MR) is 55.8 cm³/mol. The Bertz CT molecular complexity index is 326. The van der Waals surface area contributed by atoms with Crippen molar-refractivity contribution in [2.45, 2.75) is 18.9 Å². The first-order valence-electron chi connectivity index (χ1n) is 5.06. The number of ether oxygens (including phenoxy) is 1. The Balaban J connectivity index is 1.82. The number of aliphatic hydroxyl groups excluding tert-OH is 1. The Morgan fingerprint density at radius 2 is 2.33 bits per heavy atom. The van der Waals surface area contributed by atoms with E-state index in [4.69, 9.17) is 9.84 Å². The van der Waals surface area contributed by atoms with Crippen molar-refractivity contribution < 1.29 is 9.84 Å². The molecule has 5 heteroatoms. The molecule has 15 heavy (non-hydrogen) atoms. The maximum atomic E-state index is 9.12. The van der Waals surface area contributed by atoms with E-state index in [0.29, 0.717) is 11.8 Å². The van der Waals surface area contributed by atoms with Gasteiger partial charge in [0, 0.05) is 12.6 Å². The number of hydrogen-bond acceptors (Lipinski definition) is 5. The topological polar surface area (TPSA) is 67.3 Å². The van der Waals surface area contributed by atoms with E-state index in [9.17, 15) is 0 Å². The van der Waals surface area contributed by atoms with Crippen LogP contribution in [0, 0.1) is 5.92 Å². The van der Waals surface area contributed by atoms with Crippen LogP contribution in [0.4, 0.5) is 5.82 Å². The van der Waals surface area contributed by atoms with Crippen LogP contribution in [0.5, 0.6) is 5.88 Å². The zero-order chi connectivity index (χ0) is 10.7. The lowest BCUT2D eigenvalue weighted by molar-refractivity contribution is 0.0486. The largest absolute Gasteiger partial charge is 0.481 e. The van der Waals surface area contributed by atoms with Gasteiger partial charge in [0.15, 0.2) is 0 Å². The zero-order valence-electron chi connectivity index (χ0n) is 8.68. The molecular formula is C10H15N3O2. The molecule has 1 aromatic heterocycles. The number of hydrogen-bond donors (Lipinski definition) is 2. The Kier molecular flexibility index (Phi) is 3.01. The summed E-state index contributed by atoms with van der Waals surface area (Å²) in [7, 11) is 1.58. The fraction of sp³-hybridized carbons (Fsp3) is 0.600. The number of methoxy groups -OCH3 is 1. The lowest BCUT2D eigenvalue weighted by atomic mass is 9.82. The van der Waals surface area contributed by atoms with Crippen molar-refractivity contribution in [2.24, 2.45) is 5.92 Å². The van der Waals surface area contributed by atoms with Gasteiger partial charge in [0.05, 0.1) is 13.2 Å². The highest BCUT2D eigenvalue weighted by Gasteiger charge is 2.26. The van der Waals surface area contributed by atoms with Crippen LogP contribution in [-0.2, 0) is 0 Å². The van der Waals surface area contributed by atoms with Gasteiger partial charge in [-0.25, -0.2) is 9.97 Å². The van der Waals surface area contributed by atoms with Gasteiger partial charge in [-0.05, 0) is 18.8 Å². The van der Waals surface area contributed by atoms with Gasteiger partial charge in [0.25, 0.3) is 0 Å². The minimum absolute atomic E-state index is 0.100. The van der Waals surface area contributed by atoms with Gasteiger partial charge in [0.2, 0.25) is 5.88 Å². The van der Waals surface area contributed by atoms with Gasteiger partial charge in [-0.3, -0.25) is 0 Å². The van der Waals surface area contributed by atoms with Crippen LogP contribution in [0.2, 0.25) is 0 Å². The summed E-state index contributed by atoms with van der Waals surface area (Å²) in [5, 5.41) is 12.3. The number of rotatable bonds is 4. The van der Waals surface area contributed by atoms with E-state index < -0.39 is 0 Å². The van der Waals surface area contributed by atoms with E-state index in [-0.39, 0.29) is 6.10 Å². The Labute approximate surface area is 88.5 Å². The zero-order valence-corrected chi connectivity index (χ0v) is 8.68. The maximum absolute atomic E-state index is 9.12. The van der Waals surface area contributed by atoms with Gasteiger partial charge >= 0.3 is 0 Å². The molecule has 0 aromatic carbocycles. The van der Waals surface area contributed by atoms with Crippen molar-refractivity contribution >= 4 is 5.82 Å². The minimum Gasteiger partial charge on any atom is -0.481 e. The highest BCUT2D eigenvalue weighted by Crippen LogP contribution is 2.27. The highest BCUT2D eigenvalue weighted by atomic mass is 16.5. The van der Waals surface area contributed by atoms with Gasteiger partial charge in [-0.2, -0.15) is 0 Å². The third-order valence-electron chi connectivity index (χ3n) is 2.63. The normalized spacial score (nSPS) is 24.4. The average Bonchev–Trinajstić information content (AvgIpc) is 2.23. The molecule has 1 heterocycles. The lowest BCUT2D eigenvalue weighted by Crippen LogP contribution is -2.33. The van der Waals surface area contributed by atoms with Crippen LogP contribution in [0.1, 0.15) is 12.8 Å². The molecule has 82 valence electrons. The first kappa shape index (κ1) is 10.2. The molecule has 0 spiro atoms. The SMILES string of the molecule is COc1cc(NCC2CC(O)C2)ncn1. The third-order valence-corrected chi connectivity index (χ3v) is 2.63. The van der Waals surface area contributed by atoms with Gasteiger partial charge in [-0.1, -0.05) is 0 Å². The number of anilines is 1. The van der Waals surface area contributed by atoms with E-state index in [1.807, 2.05) is 0 Å². The van der Waals surface area contributed by atoms with E-state index in [2.05, 4.69) is 15.3 Å². The van der Waals surface area contributed by atoms with Crippen LogP contribution < -0.4 is 10.1 Å². The van der Waals surface area contributed by atoms with Crippen molar-refractivity contribution in [3.05, 3.63) is 12.4 Å². The predicted octanol–water partition coefficient (Wildman–Crippen LogP) is 0.668. The smallest absolute Gasteiger partial charge is 0.218 e. The summed E-state index contributed by atoms with van der Waals surface area (Å²) in [5.41, 5.74) is 0. The monoisotopic (exact) mass is 209 g/mol. The molecule has 1 fully saturated rings. The first-order chi connectivity index (χ1) is 7.28. The van der Waals surface area contributed by atoms with E-state index >= 15 is 0 Å². The molecule has 0 amide bonds. The second kappa shape index (κ2) is 4.44. The standard InChI is InChI=1S/C10H15N3O2/c1-15-10-4-9(12-6-13-10)11-5-7-2-8(14)3-7/h4,6-8,14H,2-3,5H2,1H3,(H,11,12,13). The second-order valence-corrected chi connectivity index (χ2v) is 3.82. The molecule has 0 aliphatic heterocycles. The molecule has 5 nitrogen and oxygen atoms in total. The van der Waals surface area contributed by atoms with Crippen LogP contribution in [0.15, 0.2) is 12.4 Å². The van der Waals surface area contributed by atoms with Crippen molar-refractivity contribution in [1.29, 1.82) is 0 Å².